The van der Waals surface area contributed by atoms with Crippen molar-refractivity contribution in [2.75, 3.05) is 0 Å². The summed E-state index contributed by atoms with van der Waals surface area (Å²) in [5, 5.41) is 0. The first-order valence-electron chi connectivity index (χ1n) is 5.77. The Hall–Kier alpha value is -1.15. The van der Waals surface area contributed by atoms with Crippen molar-refractivity contribution in [1.82, 2.24) is 4.57 Å². The van der Waals surface area contributed by atoms with Gasteiger partial charge in [-0.05, 0) is 59.0 Å². The molecule has 0 aliphatic rings. The van der Waals surface area contributed by atoms with Gasteiger partial charge in [-0.15, -0.1) is 0 Å². The molecule has 0 amide bonds. The smallest absolute Gasteiger partial charge is 0.408 e. The second-order valence-electron chi connectivity index (χ2n) is 4.30. The van der Waals surface area contributed by atoms with Gasteiger partial charge >= 0.3 is 5.76 Å². The summed E-state index contributed by atoms with van der Waals surface area (Å²) in [5.74, 6) is -0.832. The second-order valence-corrected chi connectivity index (χ2v) is 6.46. The lowest BCUT2D eigenvalue weighted by Gasteiger charge is -2.05. The van der Waals surface area contributed by atoms with E-state index in [1.165, 1.54) is 10.6 Å². The van der Waals surface area contributed by atoms with E-state index in [0.29, 0.717) is 16.7 Å². The molecule has 102 valence electrons. The van der Waals surface area contributed by atoms with E-state index in [9.17, 15) is 9.18 Å². The van der Waals surface area contributed by atoms with Crippen LogP contribution in [0.3, 0.4) is 0 Å². The minimum Gasteiger partial charge on any atom is -0.408 e. The van der Waals surface area contributed by atoms with Crippen molar-refractivity contribution in [2.24, 2.45) is 0 Å². The lowest BCUT2D eigenvalue weighted by atomic mass is 10.2. The maximum Gasteiger partial charge on any atom is 0.420 e. The Bertz CT molecular complexity index is 856. The Balaban J connectivity index is 2.13. The third kappa shape index (κ3) is 2.54. The molecule has 0 atom stereocenters. The Kier molecular flexibility index (Phi) is 3.68. The van der Waals surface area contributed by atoms with E-state index < -0.39 is 5.76 Å². The van der Waals surface area contributed by atoms with Crippen molar-refractivity contribution >= 4 is 49.6 Å². The molecule has 20 heavy (non-hydrogen) atoms. The van der Waals surface area contributed by atoms with Gasteiger partial charge in [0, 0.05) is 13.6 Å². The van der Waals surface area contributed by atoms with Crippen molar-refractivity contribution in [1.29, 1.82) is 0 Å². The number of aromatic nitrogens is 1. The Morgan fingerprint density at radius 1 is 1.25 bits per heavy atom. The zero-order valence-electron chi connectivity index (χ0n) is 10.1. The average molecular weight is 448 g/mol. The van der Waals surface area contributed by atoms with Crippen LogP contribution in [0.1, 0.15) is 5.56 Å². The first-order valence-corrected chi connectivity index (χ1v) is 7.64. The largest absolute Gasteiger partial charge is 0.420 e. The molecule has 0 saturated heterocycles. The quantitative estimate of drug-likeness (QED) is 0.553. The van der Waals surface area contributed by atoms with Gasteiger partial charge in [0.25, 0.3) is 0 Å². The van der Waals surface area contributed by atoms with Crippen LogP contribution in [-0.2, 0) is 6.54 Å². The molecule has 3 rings (SSSR count). The number of hydrogen-bond donors (Lipinski definition) is 0. The summed E-state index contributed by atoms with van der Waals surface area (Å²) in [5.41, 5.74) is 1.61. The molecule has 6 heteroatoms. The van der Waals surface area contributed by atoms with Crippen LogP contribution in [-0.4, -0.2) is 4.57 Å². The number of rotatable bonds is 2. The van der Waals surface area contributed by atoms with Gasteiger partial charge in [-0.1, -0.05) is 15.9 Å². The SMILES string of the molecule is O=c1oc2cc(I)ccc2n1Cc1cc(Br)ccc1F. The highest BCUT2D eigenvalue weighted by atomic mass is 127. The number of benzene rings is 2. The van der Waals surface area contributed by atoms with Gasteiger partial charge in [-0.2, -0.15) is 0 Å². The maximum atomic E-state index is 13.8. The highest BCUT2D eigenvalue weighted by Gasteiger charge is 2.12. The summed E-state index contributed by atoms with van der Waals surface area (Å²) in [6.07, 6.45) is 0. The van der Waals surface area contributed by atoms with Crippen LogP contribution in [0, 0.1) is 9.39 Å². The number of fused-ring (bicyclic) bond motifs is 1. The van der Waals surface area contributed by atoms with Crippen molar-refractivity contribution < 1.29 is 8.81 Å². The molecule has 3 nitrogen and oxygen atoms in total. The second kappa shape index (κ2) is 5.33. The minimum absolute atomic E-state index is 0.137. The van der Waals surface area contributed by atoms with E-state index in [1.54, 1.807) is 24.3 Å². The van der Waals surface area contributed by atoms with Crippen molar-refractivity contribution in [3.63, 3.8) is 0 Å². The number of hydrogen-bond acceptors (Lipinski definition) is 2. The molecule has 0 aliphatic carbocycles. The van der Waals surface area contributed by atoms with Crippen LogP contribution >= 0.6 is 38.5 Å². The zero-order chi connectivity index (χ0) is 14.3. The van der Waals surface area contributed by atoms with Crippen LogP contribution in [0.5, 0.6) is 0 Å². The molecule has 0 bridgehead atoms. The van der Waals surface area contributed by atoms with Crippen LogP contribution < -0.4 is 5.76 Å². The predicted molar refractivity (Wildman–Crippen MR) is 86.4 cm³/mol. The molecule has 2 aromatic carbocycles. The van der Waals surface area contributed by atoms with Gasteiger partial charge in [-0.3, -0.25) is 4.57 Å². The van der Waals surface area contributed by atoms with Crippen LogP contribution in [0.15, 0.2) is 50.1 Å². The average Bonchev–Trinajstić information content (AvgIpc) is 2.69. The molecule has 0 saturated carbocycles. The fourth-order valence-electron chi connectivity index (χ4n) is 2.02. The molecule has 1 aromatic heterocycles. The highest BCUT2D eigenvalue weighted by molar-refractivity contribution is 14.1. The molecule has 0 fully saturated rings. The van der Waals surface area contributed by atoms with Crippen molar-refractivity contribution in [3.8, 4) is 0 Å². The summed E-state index contributed by atoms with van der Waals surface area (Å²) >= 11 is 5.44. The molecule has 0 spiro atoms. The van der Waals surface area contributed by atoms with Gasteiger partial charge in [0.2, 0.25) is 0 Å². The van der Waals surface area contributed by atoms with Crippen LogP contribution in [0.25, 0.3) is 11.1 Å². The van der Waals surface area contributed by atoms with Gasteiger partial charge in [0.15, 0.2) is 5.58 Å². The van der Waals surface area contributed by atoms with E-state index in [-0.39, 0.29) is 12.4 Å². The fraction of sp³-hybridized carbons (Fsp3) is 0.0714. The molecule has 0 aliphatic heterocycles. The van der Waals surface area contributed by atoms with Crippen LogP contribution in [0.4, 0.5) is 4.39 Å². The van der Waals surface area contributed by atoms with E-state index in [1.807, 2.05) is 6.07 Å². The summed E-state index contributed by atoms with van der Waals surface area (Å²) in [6.45, 7) is 0.137. The molecule has 0 N–H and O–H groups in total. The fourth-order valence-corrected chi connectivity index (χ4v) is 2.90. The molecule has 0 unspecified atom stereocenters. The molecular weight excluding hydrogens is 440 g/mol. The van der Waals surface area contributed by atoms with Crippen molar-refractivity contribution in [2.45, 2.75) is 6.54 Å². The standard InChI is InChI=1S/C14H8BrFINO2/c15-9-1-3-11(16)8(5-9)7-18-12-4-2-10(17)6-13(12)20-14(18)19/h1-6H,7H2. The Morgan fingerprint density at radius 2 is 2.05 bits per heavy atom. The van der Waals surface area contributed by atoms with E-state index >= 15 is 0 Å². The van der Waals surface area contributed by atoms with Gasteiger partial charge < -0.3 is 4.42 Å². The summed E-state index contributed by atoms with van der Waals surface area (Å²) < 4.78 is 22.2. The van der Waals surface area contributed by atoms with E-state index in [2.05, 4.69) is 38.5 Å². The number of oxazole rings is 1. The van der Waals surface area contributed by atoms with Crippen LogP contribution in [0.2, 0.25) is 0 Å². The van der Waals surface area contributed by atoms with Gasteiger partial charge in [0.1, 0.15) is 5.82 Å². The Morgan fingerprint density at radius 3 is 2.85 bits per heavy atom. The maximum absolute atomic E-state index is 13.8. The van der Waals surface area contributed by atoms with Gasteiger partial charge in [0.05, 0.1) is 12.1 Å². The van der Waals surface area contributed by atoms with Gasteiger partial charge in [-0.25, -0.2) is 9.18 Å². The summed E-state index contributed by atoms with van der Waals surface area (Å²) in [4.78, 5) is 11.9. The number of nitrogens with zero attached hydrogens (tertiary/aromatic N) is 1. The summed E-state index contributed by atoms with van der Waals surface area (Å²) in [7, 11) is 0. The minimum atomic E-state index is -0.485. The summed E-state index contributed by atoms with van der Waals surface area (Å²) in [6, 6.07) is 10.1. The monoisotopic (exact) mass is 447 g/mol. The lowest BCUT2D eigenvalue weighted by Crippen LogP contribution is -2.15. The number of halogens is 3. The normalized spacial score (nSPS) is 11.2. The Labute approximate surface area is 135 Å². The third-order valence-corrected chi connectivity index (χ3v) is 4.13. The zero-order valence-corrected chi connectivity index (χ0v) is 13.8. The topological polar surface area (TPSA) is 35.1 Å². The molecule has 0 radical (unpaired) electrons. The molecule has 3 aromatic rings. The molecule has 1 heterocycles. The third-order valence-electron chi connectivity index (χ3n) is 2.97. The molecular formula is C14H8BrFINO2. The first kappa shape index (κ1) is 13.8. The highest BCUT2D eigenvalue weighted by Crippen LogP contribution is 2.20. The predicted octanol–water partition coefficient (Wildman–Crippen LogP) is 4.15. The van der Waals surface area contributed by atoms with E-state index in [0.717, 1.165) is 8.04 Å². The first-order chi connectivity index (χ1) is 9.54. The lowest BCUT2D eigenvalue weighted by molar-refractivity contribution is 0.512. The van der Waals surface area contributed by atoms with E-state index in [4.69, 9.17) is 4.42 Å². The van der Waals surface area contributed by atoms with Crippen molar-refractivity contribution in [3.05, 3.63) is 66.4 Å².